The molecule has 0 spiro atoms. The molecule has 0 radical (unpaired) electrons. The maximum atomic E-state index is 12.5. The van der Waals surface area contributed by atoms with Gasteiger partial charge in [0.15, 0.2) is 0 Å². The van der Waals surface area contributed by atoms with Gasteiger partial charge in [0, 0.05) is 13.1 Å². The van der Waals surface area contributed by atoms with Gasteiger partial charge in [-0.3, -0.25) is 4.31 Å². The van der Waals surface area contributed by atoms with Crippen molar-refractivity contribution in [2.24, 2.45) is 5.73 Å². The third kappa shape index (κ3) is 2.37. The Labute approximate surface area is 115 Å². The average Bonchev–Trinajstić information content (AvgIpc) is 2.63. The summed E-state index contributed by atoms with van der Waals surface area (Å²) in [6.07, 6.45) is 0.616. The molecule has 0 aromatic heterocycles. The molecular weight excluding hydrogens is 260 g/mol. The van der Waals surface area contributed by atoms with Crippen molar-refractivity contribution < 1.29 is 8.42 Å². The fraction of sp³-hybridized carbons (Fsp3) is 0.571. The summed E-state index contributed by atoms with van der Waals surface area (Å²) in [6, 6.07) is 5.96. The SMILES string of the molecule is Cc1cccc(C(C)C)c1N1CC[C@H](CN)S1(=O)=O. The van der Waals surface area contributed by atoms with E-state index in [0.29, 0.717) is 18.9 Å². The molecule has 1 aromatic carbocycles. The average molecular weight is 282 g/mol. The van der Waals surface area contributed by atoms with Crippen LogP contribution in [-0.2, 0) is 10.0 Å². The molecule has 2 N–H and O–H groups in total. The van der Waals surface area contributed by atoms with Crippen LogP contribution in [0.1, 0.15) is 37.3 Å². The van der Waals surface area contributed by atoms with E-state index >= 15 is 0 Å². The normalized spacial score (nSPS) is 22.2. The molecule has 0 aliphatic carbocycles. The third-order valence-corrected chi connectivity index (χ3v) is 6.04. The molecule has 1 fully saturated rings. The highest BCUT2D eigenvalue weighted by Crippen LogP contribution is 2.36. The number of nitrogens with two attached hydrogens (primary N) is 1. The van der Waals surface area contributed by atoms with Crippen molar-refractivity contribution in [2.45, 2.75) is 38.4 Å². The minimum atomic E-state index is -3.30. The van der Waals surface area contributed by atoms with Crippen molar-refractivity contribution in [3.8, 4) is 0 Å². The molecule has 1 atom stereocenters. The lowest BCUT2D eigenvalue weighted by molar-refractivity contribution is 0.587. The number of rotatable bonds is 3. The summed E-state index contributed by atoms with van der Waals surface area (Å²) in [6.45, 7) is 6.87. The van der Waals surface area contributed by atoms with E-state index in [4.69, 9.17) is 5.73 Å². The van der Waals surface area contributed by atoms with Gasteiger partial charge >= 0.3 is 0 Å². The zero-order valence-electron chi connectivity index (χ0n) is 11.8. The number of aryl methyl sites for hydroxylation is 1. The van der Waals surface area contributed by atoms with Crippen molar-refractivity contribution in [3.05, 3.63) is 29.3 Å². The highest BCUT2D eigenvalue weighted by Gasteiger charge is 2.39. The Kier molecular flexibility index (Phi) is 3.87. The molecule has 1 aliphatic rings. The van der Waals surface area contributed by atoms with Gasteiger partial charge in [-0.2, -0.15) is 0 Å². The lowest BCUT2D eigenvalue weighted by Gasteiger charge is -2.25. The Morgan fingerprint density at radius 3 is 2.63 bits per heavy atom. The molecule has 1 aliphatic heterocycles. The van der Waals surface area contributed by atoms with Gasteiger partial charge in [-0.05, 0) is 30.4 Å². The molecule has 4 nitrogen and oxygen atoms in total. The number of nitrogens with zero attached hydrogens (tertiary/aromatic N) is 1. The first-order valence-corrected chi connectivity index (χ1v) is 8.21. The Hall–Kier alpha value is -1.07. The fourth-order valence-electron chi connectivity index (χ4n) is 2.68. The van der Waals surface area contributed by atoms with Crippen LogP contribution in [0.5, 0.6) is 0 Å². The van der Waals surface area contributed by atoms with Gasteiger partial charge in [0.1, 0.15) is 0 Å². The topological polar surface area (TPSA) is 63.4 Å². The number of hydrogen-bond acceptors (Lipinski definition) is 3. The van der Waals surface area contributed by atoms with Gasteiger partial charge in [-0.15, -0.1) is 0 Å². The van der Waals surface area contributed by atoms with Gasteiger partial charge < -0.3 is 5.73 Å². The second-order valence-electron chi connectivity index (χ2n) is 5.43. The minimum Gasteiger partial charge on any atom is -0.329 e. The lowest BCUT2D eigenvalue weighted by Crippen LogP contribution is -2.34. The maximum absolute atomic E-state index is 12.5. The van der Waals surface area contributed by atoms with E-state index in [-0.39, 0.29) is 6.54 Å². The molecule has 2 rings (SSSR count). The van der Waals surface area contributed by atoms with Crippen molar-refractivity contribution in [3.63, 3.8) is 0 Å². The minimum absolute atomic E-state index is 0.196. The van der Waals surface area contributed by atoms with Crippen LogP contribution in [0.2, 0.25) is 0 Å². The molecule has 19 heavy (non-hydrogen) atoms. The quantitative estimate of drug-likeness (QED) is 0.922. The number of para-hydroxylation sites is 1. The van der Waals surface area contributed by atoms with Gasteiger partial charge in [-0.1, -0.05) is 32.0 Å². The Morgan fingerprint density at radius 2 is 2.11 bits per heavy atom. The largest absolute Gasteiger partial charge is 0.329 e. The summed E-state index contributed by atoms with van der Waals surface area (Å²) < 4.78 is 26.6. The van der Waals surface area contributed by atoms with E-state index in [2.05, 4.69) is 13.8 Å². The van der Waals surface area contributed by atoms with Gasteiger partial charge in [0.2, 0.25) is 10.0 Å². The number of anilines is 1. The van der Waals surface area contributed by atoms with Crippen LogP contribution < -0.4 is 10.0 Å². The fourth-order valence-corrected chi connectivity index (χ4v) is 4.55. The van der Waals surface area contributed by atoms with Crippen LogP contribution in [0.25, 0.3) is 0 Å². The van der Waals surface area contributed by atoms with Crippen LogP contribution in [0.3, 0.4) is 0 Å². The zero-order chi connectivity index (χ0) is 14.2. The maximum Gasteiger partial charge on any atom is 0.239 e. The smallest absolute Gasteiger partial charge is 0.239 e. The molecule has 1 saturated heterocycles. The van der Waals surface area contributed by atoms with E-state index in [1.54, 1.807) is 4.31 Å². The van der Waals surface area contributed by atoms with Gasteiger partial charge in [-0.25, -0.2) is 8.42 Å². The van der Waals surface area contributed by atoms with Crippen LogP contribution in [0, 0.1) is 6.92 Å². The summed E-state index contributed by atoms with van der Waals surface area (Å²) in [5.74, 6) is 0.294. The Morgan fingerprint density at radius 1 is 1.42 bits per heavy atom. The second kappa shape index (κ2) is 5.13. The predicted molar refractivity (Wildman–Crippen MR) is 79.0 cm³/mol. The third-order valence-electron chi connectivity index (χ3n) is 3.79. The molecule has 106 valence electrons. The first-order chi connectivity index (χ1) is 8.89. The standard InChI is InChI=1S/C14H22N2O2S/c1-10(2)13-6-4-5-11(3)14(13)16-8-7-12(9-15)19(16,17)18/h4-6,10,12H,7-9,15H2,1-3H3/t12-/m1/s1. The monoisotopic (exact) mass is 282 g/mol. The molecule has 0 saturated carbocycles. The molecule has 5 heteroatoms. The first-order valence-electron chi connectivity index (χ1n) is 6.70. The van der Waals surface area contributed by atoms with Crippen LogP contribution in [0.4, 0.5) is 5.69 Å². The predicted octanol–water partition coefficient (Wildman–Crippen LogP) is 1.99. The van der Waals surface area contributed by atoms with Crippen molar-refractivity contribution in [1.82, 2.24) is 0 Å². The summed E-state index contributed by atoms with van der Waals surface area (Å²) in [4.78, 5) is 0. The summed E-state index contributed by atoms with van der Waals surface area (Å²) in [7, 11) is -3.30. The van der Waals surface area contributed by atoms with Crippen molar-refractivity contribution in [2.75, 3.05) is 17.4 Å². The summed E-state index contributed by atoms with van der Waals surface area (Å²) in [5, 5.41) is -0.438. The van der Waals surface area contributed by atoms with E-state index in [0.717, 1.165) is 16.8 Å². The molecule has 0 bridgehead atoms. The molecule has 0 unspecified atom stereocenters. The molecule has 1 heterocycles. The second-order valence-corrected chi connectivity index (χ2v) is 7.57. The highest BCUT2D eigenvalue weighted by atomic mass is 32.2. The molecular formula is C14H22N2O2S. The van der Waals surface area contributed by atoms with Crippen LogP contribution >= 0.6 is 0 Å². The Balaban J connectivity index is 2.55. The van der Waals surface area contributed by atoms with E-state index < -0.39 is 15.3 Å². The van der Waals surface area contributed by atoms with Crippen molar-refractivity contribution in [1.29, 1.82) is 0 Å². The lowest BCUT2D eigenvalue weighted by atomic mass is 9.98. The molecule has 0 amide bonds. The van der Waals surface area contributed by atoms with E-state index in [1.165, 1.54) is 0 Å². The highest BCUT2D eigenvalue weighted by molar-refractivity contribution is 7.93. The van der Waals surface area contributed by atoms with Gasteiger partial charge in [0.25, 0.3) is 0 Å². The first kappa shape index (κ1) is 14.3. The number of benzene rings is 1. The van der Waals surface area contributed by atoms with Gasteiger partial charge in [0.05, 0.1) is 10.9 Å². The number of hydrogen-bond donors (Lipinski definition) is 1. The number of sulfonamides is 1. The van der Waals surface area contributed by atoms with Crippen molar-refractivity contribution >= 4 is 15.7 Å². The van der Waals surface area contributed by atoms with E-state index in [9.17, 15) is 8.42 Å². The zero-order valence-corrected chi connectivity index (χ0v) is 12.6. The summed E-state index contributed by atoms with van der Waals surface area (Å²) >= 11 is 0. The Bertz CT molecular complexity index is 567. The van der Waals surface area contributed by atoms with Crippen LogP contribution in [0.15, 0.2) is 18.2 Å². The van der Waals surface area contributed by atoms with Crippen LogP contribution in [-0.4, -0.2) is 26.8 Å². The molecule has 1 aromatic rings. The summed E-state index contributed by atoms with van der Waals surface area (Å²) in [5.41, 5.74) is 8.53. The van der Waals surface area contributed by atoms with E-state index in [1.807, 2.05) is 25.1 Å².